The summed E-state index contributed by atoms with van der Waals surface area (Å²) in [6.07, 6.45) is -4.52. The van der Waals surface area contributed by atoms with Crippen molar-refractivity contribution in [1.29, 1.82) is 0 Å². The van der Waals surface area contributed by atoms with Crippen molar-refractivity contribution in [3.8, 4) is 0 Å². The Labute approximate surface area is 84.5 Å². The molecule has 0 aliphatic rings. The fourth-order valence-corrected chi connectivity index (χ4v) is 1.15. The van der Waals surface area contributed by atoms with Crippen molar-refractivity contribution in [3.63, 3.8) is 0 Å². The van der Waals surface area contributed by atoms with Gasteiger partial charge in [0.15, 0.2) is 0 Å². The smallest absolute Gasteiger partial charge is 0.423 e. The zero-order valence-corrected chi connectivity index (χ0v) is 7.62. The van der Waals surface area contributed by atoms with Gasteiger partial charge in [0.25, 0.3) is 0 Å². The average molecular weight is 219 g/mol. The molecule has 0 saturated carbocycles. The first kappa shape index (κ1) is 12.0. The van der Waals surface area contributed by atoms with Gasteiger partial charge in [0.2, 0.25) is 0 Å². The van der Waals surface area contributed by atoms with E-state index in [1.54, 1.807) is 0 Å². The summed E-state index contributed by atoms with van der Waals surface area (Å²) in [5.74, 6) is 0. The normalized spacial score (nSPS) is 11.6. The molecule has 0 aliphatic heterocycles. The number of alkyl halides is 3. The van der Waals surface area contributed by atoms with Crippen molar-refractivity contribution in [3.05, 3.63) is 29.3 Å². The van der Waals surface area contributed by atoms with Crippen LogP contribution in [-0.2, 0) is 12.7 Å². The Bertz CT molecular complexity index is 354. The summed E-state index contributed by atoms with van der Waals surface area (Å²) < 4.78 is 37.0. The standard InChI is InChI=1S/C8H9BF3NO2/c10-8(11,12)6-1-5(4-13)2-7(3-6)9(14)15/h1-3,14-15H,4,13H2. The van der Waals surface area contributed by atoms with Gasteiger partial charge in [-0.1, -0.05) is 12.1 Å². The fraction of sp³-hybridized carbons (Fsp3) is 0.250. The molecule has 0 fully saturated rings. The SMILES string of the molecule is NCc1cc(B(O)O)cc(C(F)(F)F)c1. The highest BCUT2D eigenvalue weighted by Gasteiger charge is 2.32. The lowest BCUT2D eigenvalue weighted by Crippen LogP contribution is -2.31. The van der Waals surface area contributed by atoms with E-state index in [-0.39, 0.29) is 17.6 Å². The second-order valence-electron chi connectivity index (χ2n) is 3.04. The molecule has 0 heterocycles. The molecular weight excluding hydrogens is 210 g/mol. The molecule has 0 unspecified atom stereocenters. The Hall–Kier alpha value is -1.05. The number of halogens is 3. The fourth-order valence-electron chi connectivity index (χ4n) is 1.15. The molecule has 4 N–H and O–H groups in total. The van der Waals surface area contributed by atoms with Gasteiger partial charge in [0, 0.05) is 6.54 Å². The van der Waals surface area contributed by atoms with Crippen LogP contribution in [0.4, 0.5) is 13.2 Å². The average Bonchev–Trinajstić information content (AvgIpc) is 2.15. The minimum Gasteiger partial charge on any atom is -0.423 e. The number of rotatable bonds is 2. The van der Waals surface area contributed by atoms with Gasteiger partial charge in [-0.05, 0) is 17.1 Å². The lowest BCUT2D eigenvalue weighted by molar-refractivity contribution is -0.137. The second-order valence-corrected chi connectivity index (χ2v) is 3.04. The third-order valence-corrected chi connectivity index (χ3v) is 1.88. The van der Waals surface area contributed by atoms with Gasteiger partial charge >= 0.3 is 13.3 Å². The van der Waals surface area contributed by atoms with Crippen molar-refractivity contribution >= 4 is 12.6 Å². The maximum Gasteiger partial charge on any atom is 0.488 e. The first-order chi connectivity index (χ1) is 6.84. The Balaban J connectivity index is 3.23. The Morgan fingerprint density at radius 2 is 1.80 bits per heavy atom. The summed E-state index contributed by atoms with van der Waals surface area (Å²) in [5.41, 5.74) is 4.25. The molecule has 1 aromatic carbocycles. The molecule has 0 amide bonds. The predicted molar refractivity (Wildman–Crippen MR) is 49.2 cm³/mol. The number of benzene rings is 1. The molecule has 15 heavy (non-hydrogen) atoms. The lowest BCUT2D eigenvalue weighted by atomic mass is 9.78. The summed E-state index contributed by atoms with van der Waals surface area (Å²) in [7, 11) is -1.93. The van der Waals surface area contributed by atoms with Gasteiger partial charge in [0.1, 0.15) is 0 Å². The van der Waals surface area contributed by atoms with E-state index in [1.165, 1.54) is 6.07 Å². The van der Waals surface area contributed by atoms with Crippen molar-refractivity contribution in [2.45, 2.75) is 12.7 Å². The third-order valence-electron chi connectivity index (χ3n) is 1.88. The summed E-state index contributed by atoms with van der Waals surface area (Å²) in [6, 6.07) is 2.79. The van der Waals surface area contributed by atoms with Crippen molar-refractivity contribution in [2.24, 2.45) is 5.73 Å². The molecule has 0 atom stereocenters. The Morgan fingerprint density at radius 3 is 2.20 bits per heavy atom. The van der Waals surface area contributed by atoms with Crippen LogP contribution < -0.4 is 11.2 Å². The van der Waals surface area contributed by atoms with Crippen LogP contribution >= 0.6 is 0 Å². The van der Waals surface area contributed by atoms with Crippen LogP contribution in [0, 0.1) is 0 Å². The van der Waals surface area contributed by atoms with Crippen LogP contribution in [0.1, 0.15) is 11.1 Å². The van der Waals surface area contributed by atoms with Gasteiger partial charge in [0.05, 0.1) is 5.56 Å². The van der Waals surface area contributed by atoms with Crippen LogP contribution in [0.25, 0.3) is 0 Å². The van der Waals surface area contributed by atoms with E-state index in [4.69, 9.17) is 15.8 Å². The predicted octanol–water partition coefficient (Wildman–Crippen LogP) is -0.156. The van der Waals surface area contributed by atoms with Gasteiger partial charge in [-0.25, -0.2) is 0 Å². The van der Waals surface area contributed by atoms with Gasteiger partial charge in [-0.15, -0.1) is 0 Å². The largest absolute Gasteiger partial charge is 0.488 e. The number of hydrogen-bond acceptors (Lipinski definition) is 3. The quantitative estimate of drug-likeness (QED) is 0.605. The van der Waals surface area contributed by atoms with E-state index in [9.17, 15) is 13.2 Å². The molecular formula is C8H9BF3NO2. The van der Waals surface area contributed by atoms with Crippen molar-refractivity contribution in [2.75, 3.05) is 0 Å². The van der Waals surface area contributed by atoms with E-state index >= 15 is 0 Å². The molecule has 82 valence electrons. The minimum absolute atomic E-state index is 0.0936. The minimum atomic E-state index is -4.52. The number of nitrogens with two attached hydrogens (primary N) is 1. The highest BCUT2D eigenvalue weighted by Crippen LogP contribution is 2.29. The van der Waals surface area contributed by atoms with Gasteiger partial charge < -0.3 is 15.8 Å². The molecule has 7 heteroatoms. The monoisotopic (exact) mass is 219 g/mol. The maximum absolute atomic E-state index is 12.3. The zero-order valence-electron chi connectivity index (χ0n) is 7.62. The molecule has 0 radical (unpaired) electrons. The summed E-state index contributed by atoms with van der Waals surface area (Å²) >= 11 is 0. The first-order valence-electron chi connectivity index (χ1n) is 4.12. The third kappa shape index (κ3) is 2.95. The van der Waals surface area contributed by atoms with E-state index in [0.29, 0.717) is 6.07 Å². The van der Waals surface area contributed by atoms with E-state index < -0.39 is 18.9 Å². The van der Waals surface area contributed by atoms with Crippen molar-refractivity contribution < 1.29 is 23.2 Å². The zero-order chi connectivity index (χ0) is 11.6. The van der Waals surface area contributed by atoms with Crippen LogP contribution in [0.15, 0.2) is 18.2 Å². The summed E-state index contributed by atoms with van der Waals surface area (Å²) in [4.78, 5) is 0. The molecule has 3 nitrogen and oxygen atoms in total. The highest BCUT2D eigenvalue weighted by atomic mass is 19.4. The summed E-state index contributed by atoms with van der Waals surface area (Å²) in [6.45, 7) is -0.0936. The van der Waals surface area contributed by atoms with E-state index in [1.807, 2.05) is 0 Å². The van der Waals surface area contributed by atoms with Crippen LogP contribution in [-0.4, -0.2) is 17.2 Å². The Kier molecular flexibility index (Phi) is 3.38. The topological polar surface area (TPSA) is 66.5 Å². The second kappa shape index (κ2) is 4.22. The molecule has 0 aliphatic carbocycles. The highest BCUT2D eigenvalue weighted by molar-refractivity contribution is 6.58. The van der Waals surface area contributed by atoms with Gasteiger partial charge in [-0.2, -0.15) is 13.2 Å². The molecule has 0 spiro atoms. The van der Waals surface area contributed by atoms with E-state index in [2.05, 4.69) is 0 Å². The first-order valence-corrected chi connectivity index (χ1v) is 4.12. The molecule has 0 bridgehead atoms. The Morgan fingerprint density at radius 1 is 1.20 bits per heavy atom. The molecule has 0 saturated heterocycles. The summed E-state index contributed by atoms with van der Waals surface area (Å²) in [5, 5.41) is 17.6. The van der Waals surface area contributed by atoms with E-state index in [0.717, 1.165) is 6.07 Å². The van der Waals surface area contributed by atoms with Crippen LogP contribution in [0.3, 0.4) is 0 Å². The van der Waals surface area contributed by atoms with Gasteiger partial charge in [-0.3, -0.25) is 0 Å². The van der Waals surface area contributed by atoms with Crippen LogP contribution in [0.5, 0.6) is 0 Å². The van der Waals surface area contributed by atoms with Crippen LogP contribution in [0.2, 0.25) is 0 Å². The molecule has 1 rings (SSSR count). The maximum atomic E-state index is 12.3. The lowest BCUT2D eigenvalue weighted by Gasteiger charge is -2.10. The van der Waals surface area contributed by atoms with Crippen molar-refractivity contribution in [1.82, 2.24) is 0 Å². The number of hydrogen-bond donors (Lipinski definition) is 3. The molecule has 0 aromatic heterocycles. The molecule has 1 aromatic rings.